The fraction of sp³-hybridized carbons (Fsp3) is 0.545. The molecule has 0 atom stereocenters. The van der Waals surface area contributed by atoms with Gasteiger partial charge in [-0.1, -0.05) is 0 Å². The van der Waals surface area contributed by atoms with E-state index in [1.165, 1.54) is 0 Å². The highest BCUT2D eigenvalue weighted by molar-refractivity contribution is 5.05. The van der Waals surface area contributed by atoms with Crippen LogP contribution in [0, 0.1) is 18.3 Å². The average Bonchev–Trinajstić information content (AvgIpc) is 2.52. The van der Waals surface area contributed by atoms with Crippen LogP contribution < -0.4 is 0 Å². The van der Waals surface area contributed by atoms with Gasteiger partial charge in [0.25, 0.3) is 0 Å². The van der Waals surface area contributed by atoms with Gasteiger partial charge in [-0.15, -0.1) is 0 Å². The van der Waals surface area contributed by atoms with E-state index in [2.05, 4.69) is 11.0 Å². The smallest absolute Gasteiger partial charge is 0.118 e. The third kappa shape index (κ3) is 3.63. The highest BCUT2D eigenvalue weighted by atomic mass is 16.3. The molecule has 1 heterocycles. The Morgan fingerprint density at radius 2 is 2.29 bits per heavy atom. The third-order valence-electron chi connectivity index (χ3n) is 2.05. The van der Waals surface area contributed by atoms with Crippen LogP contribution in [0.2, 0.25) is 0 Å². The summed E-state index contributed by atoms with van der Waals surface area (Å²) < 4.78 is 5.45. The Balaban J connectivity index is 2.27. The zero-order valence-corrected chi connectivity index (χ0v) is 8.79. The van der Waals surface area contributed by atoms with Gasteiger partial charge in [-0.25, -0.2) is 0 Å². The van der Waals surface area contributed by atoms with Crippen LogP contribution in [0.1, 0.15) is 24.4 Å². The van der Waals surface area contributed by atoms with Crippen molar-refractivity contribution in [3.63, 3.8) is 0 Å². The molecule has 0 unspecified atom stereocenters. The Bertz CT molecular complexity index is 311. The lowest BCUT2D eigenvalue weighted by atomic mass is 10.3. The SMILES string of the molecule is Cc1ccc(CN(C)CCCC#N)o1. The van der Waals surface area contributed by atoms with Crippen molar-refractivity contribution in [3.8, 4) is 6.07 Å². The Hall–Kier alpha value is -1.27. The van der Waals surface area contributed by atoms with Crippen LogP contribution in [0.3, 0.4) is 0 Å². The number of hydrogen-bond donors (Lipinski definition) is 0. The quantitative estimate of drug-likeness (QED) is 0.672. The summed E-state index contributed by atoms with van der Waals surface area (Å²) in [5, 5.41) is 8.39. The zero-order chi connectivity index (χ0) is 10.4. The topological polar surface area (TPSA) is 40.2 Å². The first-order chi connectivity index (χ1) is 6.72. The van der Waals surface area contributed by atoms with Gasteiger partial charge in [0, 0.05) is 6.42 Å². The highest BCUT2D eigenvalue weighted by Crippen LogP contribution is 2.08. The van der Waals surface area contributed by atoms with Crippen molar-refractivity contribution in [3.05, 3.63) is 23.7 Å². The molecule has 3 nitrogen and oxygen atoms in total. The molecule has 1 rings (SSSR count). The summed E-state index contributed by atoms with van der Waals surface area (Å²) in [5.41, 5.74) is 0. The lowest BCUT2D eigenvalue weighted by molar-refractivity contribution is 0.290. The third-order valence-corrected chi connectivity index (χ3v) is 2.05. The molecule has 0 aliphatic carbocycles. The Labute approximate surface area is 84.9 Å². The number of furan rings is 1. The molecular formula is C11H16N2O. The summed E-state index contributed by atoms with van der Waals surface area (Å²) in [6.07, 6.45) is 1.55. The maximum Gasteiger partial charge on any atom is 0.118 e. The average molecular weight is 192 g/mol. The summed E-state index contributed by atoms with van der Waals surface area (Å²) >= 11 is 0. The van der Waals surface area contributed by atoms with Crippen molar-refractivity contribution < 1.29 is 4.42 Å². The summed E-state index contributed by atoms with van der Waals surface area (Å²) in [6, 6.07) is 6.11. The van der Waals surface area contributed by atoms with Gasteiger partial charge in [0.15, 0.2) is 0 Å². The van der Waals surface area contributed by atoms with E-state index in [9.17, 15) is 0 Å². The van der Waals surface area contributed by atoms with E-state index < -0.39 is 0 Å². The number of nitriles is 1. The van der Waals surface area contributed by atoms with Crippen LogP contribution in [-0.4, -0.2) is 18.5 Å². The van der Waals surface area contributed by atoms with E-state index in [1.807, 2.05) is 26.1 Å². The molecule has 14 heavy (non-hydrogen) atoms. The minimum absolute atomic E-state index is 0.627. The van der Waals surface area contributed by atoms with Crippen molar-refractivity contribution >= 4 is 0 Å². The molecule has 0 spiro atoms. The second-order valence-electron chi connectivity index (χ2n) is 3.51. The summed E-state index contributed by atoms with van der Waals surface area (Å²) in [5.74, 6) is 1.94. The monoisotopic (exact) mass is 192 g/mol. The maximum atomic E-state index is 8.39. The largest absolute Gasteiger partial charge is 0.465 e. The number of nitrogens with zero attached hydrogens (tertiary/aromatic N) is 2. The predicted octanol–water partition coefficient (Wildman–Crippen LogP) is 2.32. The van der Waals surface area contributed by atoms with E-state index in [0.29, 0.717) is 6.42 Å². The van der Waals surface area contributed by atoms with Crippen molar-refractivity contribution in [1.29, 1.82) is 5.26 Å². The van der Waals surface area contributed by atoms with Crippen molar-refractivity contribution in [2.45, 2.75) is 26.3 Å². The molecule has 0 saturated carbocycles. The van der Waals surface area contributed by atoms with Crippen LogP contribution >= 0.6 is 0 Å². The first-order valence-corrected chi connectivity index (χ1v) is 4.83. The van der Waals surface area contributed by atoms with Gasteiger partial charge in [-0.05, 0) is 39.1 Å². The number of unbranched alkanes of at least 4 members (excludes halogenated alkanes) is 1. The maximum absolute atomic E-state index is 8.39. The van der Waals surface area contributed by atoms with Gasteiger partial charge in [0.05, 0.1) is 12.6 Å². The Kier molecular flexibility index (Phi) is 4.21. The van der Waals surface area contributed by atoms with Crippen molar-refractivity contribution in [1.82, 2.24) is 4.90 Å². The zero-order valence-electron chi connectivity index (χ0n) is 8.79. The number of hydrogen-bond acceptors (Lipinski definition) is 3. The Morgan fingerprint density at radius 3 is 2.86 bits per heavy atom. The molecule has 0 radical (unpaired) electrons. The Morgan fingerprint density at radius 1 is 1.50 bits per heavy atom. The molecular weight excluding hydrogens is 176 g/mol. The minimum Gasteiger partial charge on any atom is -0.465 e. The molecule has 0 aliphatic heterocycles. The van der Waals surface area contributed by atoms with E-state index in [-0.39, 0.29) is 0 Å². The van der Waals surface area contributed by atoms with Gasteiger partial charge in [-0.3, -0.25) is 4.90 Å². The molecule has 0 N–H and O–H groups in total. The number of aryl methyl sites for hydroxylation is 1. The molecule has 0 bridgehead atoms. The summed E-state index contributed by atoms with van der Waals surface area (Å²) in [7, 11) is 2.04. The number of rotatable bonds is 5. The van der Waals surface area contributed by atoms with Gasteiger partial charge in [0.2, 0.25) is 0 Å². The molecule has 0 amide bonds. The summed E-state index contributed by atoms with van der Waals surface area (Å²) in [6.45, 7) is 3.70. The van der Waals surface area contributed by atoms with Crippen LogP contribution in [0.5, 0.6) is 0 Å². The molecule has 1 aromatic heterocycles. The van der Waals surface area contributed by atoms with Crippen LogP contribution in [0.4, 0.5) is 0 Å². The van der Waals surface area contributed by atoms with Crippen LogP contribution in [0.25, 0.3) is 0 Å². The standard InChI is InChI=1S/C11H16N2O/c1-10-5-6-11(14-10)9-13(2)8-4-3-7-12/h5-6H,3-4,8-9H2,1-2H3. The lowest BCUT2D eigenvalue weighted by Gasteiger charge is -2.13. The van der Waals surface area contributed by atoms with Gasteiger partial charge >= 0.3 is 0 Å². The van der Waals surface area contributed by atoms with E-state index in [4.69, 9.17) is 9.68 Å². The lowest BCUT2D eigenvalue weighted by Crippen LogP contribution is -2.18. The predicted molar refractivity (Wildman–Crippen MR) is 54.6 cm³/mol. The fourth-order valence-electron chi connectivity index (χ4n) is 1.34. The molecule has 0 fully saturated rings. The highest BCUT2D eigenvalue weighted by Gasteiger charge is 2.02. The van der Waals surface area contributed by atoms with Gasteiger partial charge in [0.1, 0.15) is 11.5 Å². The molecule has 0 saturated heterocycles. The summed E-state index contributed by atoms with van der Waals surface area (Å²) in [4.78, 5) is 2.16. The van der Waals surface area contributed by atoms with Gasteiger partial charge in [-0.2, -0.15) is 5.26 Å². The first kappa shape index (κ1) is 10.8. The molecule has 0 aromatic carbocycles. The second kappa shape index (κ2) is 5.46. The van der Waals surface area contributed by atoms with Crippen LogP contribution in [-0.2, 0) is 6.54 Å². The van der Waals surface area contributed by atoms with Crippen molar-refractivity contribution in [2.75, 3.05) is 13.6 Å². The van der Waals surface area contributed by atoms with E-state index in [0.717, 1.165) is 31.0 Å². The van der Waals surface area contributed by atoms with Crippen LogP contribution in [0.15, 0.2) is 16.5 Å². The molecule has 0 aliphatic rings. The fourth-order valence-corrected chi connectivity index (χ4v) is 1.34. The minimum atomic E-state index is 0.627. The van der Waals surface area contributed by atoms with Gasteiger partial charge < -0.3 is 4.42 Å². The normalized spacial score (nSPS) is 10.4. The molecule has 76 valence electrons. The molecule has 1 aromatic rings. The van der Waals surface area contributed by atoms with E-state index >= 15 is 0 Å². The molecule has 3 heteroatoms. The second-order valence-corrected chi connectivity index (χ2v) is 3.51. The first-order valence-electron chi connectivity index (χ1n) is 4.83. The van der Waals surface area contributed by atoms with Crippen molar-refractivity contribution in [2.24, 2.45) is 0 Å². The van der Waals surface area contributed by atoms with E-state index in [1.54, 1.807) is 0 Å².